The van der Waals surface area contributed by atoms with Gasteiger partial charge in [-0.05, 0) is 5.92 Å². The zero-order valence-electron chi connectivity index (χ0n) is 8.71. The molecule has 0 aliphatic carbocycles. The fraction of sp³-hybridized carbons (Fsp3) is 0.600. The molecule has 14 heavy (non-hydrogen) atoms. The number of hydrogen-bond donors (Lipinski definition) is 1. The van der Waals surface area contributed by atoms with Crippen molar-refractivity contribution in [1.82, 2.24) is 9.97 Å². The van der Waals surface area contributed by atoms with Crippen LogP contribution in [0, 0.1) is 5.92 Å². The third-order valence-corrected chi connectivity index (χ3v) is 2.13. The van der Waals surface area contributed by atoms with Gasteiger partial charge in [0.2, 0.25) is 0 Å². The van der Waals surface area contributed by atoms with Crippen LogP contribution in [0.2, 0.25) is 0 Å². The van der Waals surface area contributed by atoms with Crippen molar-refractivity contribution in [2.24, 2.45) is 5.92 Å². The molecule has 0 saturated carbocycles. The Morgan fingerprint density at radius 2 is 2.07 bits per heavy atom. The van der Waals surface area contributed by atoms with E-state index in [2.05, 4.69) is 9.97 Å². The molecule has 1 heterocycles. The second-order valence-electron chi connectivity index (χ2n) is 3.52. The van der Waals surface area contributed by atoms with Gasteiger partial charge in [0.05, 0.1) is 18.0 Å². The number of hydrogen-bond acceptors (Lipinski definition) is 4. The normalized spacial score (nSPS) is 15.5. The molecule has 0 spiro atoms. The second kappa shape index (κ2) is 5.02. The Morgan fingerprint density at radius 3 is 2.50 bits per heavy atom. The lowest BCUT2D eigenvalue weighted by molar-refractivity contribution is -0.0410. The minimum Gasteiger partial charge on any atom is -0.384 e. The number of methoxy groups -OCH3 is 1. The Hall–Kier alpha value is -1.00. The molecule has 0 amide bonds. The molecule has 0 aliphatic rings. The van der Waals surface area contributed by atoms with Crippen molar-refractivity contribution in [2.75, 3.05) is 7.11 Å². The van der Waals surface area contributed by atoms with Crippen molar-refractivity contribution in [1.29, 1.82) is 0 Å². The standard InChI is InChI=1S/C10H16N2O2/c1-7(2)10(14-3)9(13)8-6-11-4-5-12-8/h4-7,9-10,13H,1-3H3. The predicted molar refractivity (Wildman–Crippen MR) is 52.6 cm³/mol. The minimum atomic E-state index is -0.714. The van der Waals surface area contributed by atoms with Crippen LogP contribution in [0.15, 0.2) is 18.6 Å². The maximum Gasteiger partial charge on any atom is 0.124 e. The van der Waals surface area contributed by atoms with Crippen molar-refractivity contribution >= 4 is 0 Å². The Morgan fingerprint density at radius 1 is 1.36 bits per heavy atom. The Bertz CT molecular complexity index is 264. The van der Waals surface area contributed by atoms with Crippen molar-refractivity contribution in [3.05, 3.63) is 24.3 Å². The third kappa shape index (κ3) is 2.49. The van der Waals surface area contributed by atoms with Crippen molar-refractivity contribution < 1.29 is 9.84 Å². The second-order valence-corrected chi connectivity index (χ2v) is 3.52. The lowest BCUT2D eigenvalue weighted by atomic mass is 10.00. The number of ether oxygens (including phenoxy) is 1. The van der Waals surface area contributed by atoms with Crippen LogP contribution in [0.25, 0.3) is 0 Å². The van der Waals surface area contributed by atoms with E-state index in [0.29, 0.717) is 5.69 Å². The van der Waals surface area contributed by atoms with Crippen molar-refractivity contribution in [2.45, 2.75) is 26.1 Å². The Kier molecular flexibility index (Phi) is 3.98. The topological polar surface area (TPSA) is 55.2 Å². The van der Waals surface area contributed by atoms with Crippen LogP contribution in [0.4, 0.5) is 0 Å². The molecule has 2 unspecified atom stereocenters. The highest BCUT2D eigenvalue weighted by atomic mass is 16.5. The molecule has 78 valence electrons. The van der Waals surface area contributed by atoms with Gasteiger partial charge in [0.1, 0.15) is 6.10 Å². The lowest BCUT2D eigenvalue weighted by Gasteiger charge is -2.24. The minimum absolute atomic E-state index is 0.233. The van der Waals surface area contributed by atoms with Crippen LogP contribution >= 0.6 is 0 Å². The van der Waals surface area contributed by atoms with E-state index in [1.807, 2.05) is 13.8 Å². The lowest BCUT2D eigenvalue weighted by Crippen LogP contribution is -2.27. The molecular weight excluding hydrogens is 180 g/mol. The molecule has 4 heteroatoms. The van der Waals surface area contributed by atoms with Crippen molar-refractivity contribution in [3.8, 4) is 0 Å². The molecule has 1 aromatic heterocycles. The van der Waals surface area contributed by atoms with Gasteiger partial charge >= 0.3 is 0 Å². The molecule has 4 nitrogen and oxygen atoms in total. The van der Waals surface area contributed by atoms with E-state index in [1.54, 1.807) is 25.7 Å². The highest BCUT2D eigenvalue weighted by Gasteiger charge is 2.24. The smallest absolute Gasteiger partial charge is 0.124 e. The van der Waals surface area contributed by atoms with E-state index in [0.717, 1.165) is 0 Å². The summed E-state index contributed by atoms with van der Waals surface area (Å²) in [5, 5.41) is 9.92. The molecule has 1 rings (SSSR count). The largest absolute Gasteiger partial charge is 0.384 e. The number of aliphatic hydroxyl groups is 1. The van der Waals surface area contributed by atoms with Gasteiger partial charge in [-0.15, -0.1) is 0 Å². The summed E-state index contributed by atoms with van der Waals surface area (Å²) in [6.45, 7) is 3.99. The highest BCUT2D eigenvalue weighted by molar-refractivity contribution is 5.01. The van der Waals surface area contributed by atoms with E-state index < -0.39 is 6.10 Å². The van der Waals surface area contributed by atoms with E-state index in [9.17, 15) is 5.11 Å². The molecule has 0 aliphatic heterocycles. The van der Waals surface area contributed by atoms with Crippen LogP contribution in [0.1, 0.15) is 25.6 Å². The summed E-state index contributed by atoms with van der Waals surface area (Å²) < 4.78 is 5.21. The molecular formula is C10H16N2O2. The third-order valence-electron chi connectivity index (χ3n) is 2.13. The first-order valence-corrected chi connectivity index (χ1v) is 4.63. The van der Waals surface area contributed by atoms with Gasteiger partial charge in [-0.25, -0.2) is 0 Å². The summed E-state index contributed by atoms with van der Waals surface area (Å²) in [6, 6.07) is 0. The first-order chi connectivity index (χ1) is 6.66. The summed E-state index contributed by atoms with van der Waals surface area (Å²) >= 11 is 0. The van der Waals surface area contributed by atoms with Gasteiger partial charge < -0.3 is 9.84 Å². The van der Waals surface area contributed by atoms with E-state index in [-0.39, 0.29) is 12.0 Å². The zero-order chi connectivity index (χ0) is 10.6. The van der Waals surface area contributed by atoms with Crippen LogP contribution in [0.3, 0.4) is 0 Å². The molecule has 2 atom stereocenters. The number of aromatic nitrogens is 2. The first-order valence-electron chi connectivity index (χ1n) is 4.63. The maximum atomic E-state index is 9.92. The van der Waals surface area contributed by atoms with Gasteiger partial charge in [-0.1, -0.05) is 13.8 Å². The van der Waals surface area contributed by atoms with E-state index in [1.165, 1.54) is 0 Å². The fourth-order valence-corrected chi connectivity index (χ4v) is 1.40. The molecule has 0 aromatic carbocycles. The molecule has 0 bridgehead atoms. The van der Waals surface area contributed by atoms with Crippen LogP contribution in [-0.4, -0.2) is 28.3 Å². The van der Waals surface area contributed by atoms with E-state index in [4.69, 9.17) is 4.74 Å². The fourth-order valence-electron chi connectivity index (χ4n) is 1.40. The van der Waals surface area contributed by atoms with Gasteiger partial charge in [0, 0.05) is 19.5 Å². The zero-order valence-corrected chi connectivity index (χ0v) is 8.71. The first kappa shape index (κ1) is 11.1. The Balaban J connectivity index is 2.78. The molecule has 0 radical (unpaired) electrons. The van der Waals surface area contributed by atoms with Crippen LogP contribution in [0.5, 0.6) is 0 Å². The number of nitrogens with zero attached hydrogens (tertiary/aromatic N) is 2. The molecule has 1 aromatic rings. The monoisotopic (exact) mass is 196 g/mol. The van der Waals surface area contributed by atoms with Gasteiger partial charge in [0.25, 0.3) is 0 Å². The van der Waals surface area contributed by atoms with Gasteiger partial charge in [-0.3, -0.25) is 9.97 Å². The molecule has 1 N–H and O–H groups in total. The molecule has 0 saturated heterocycles. The van der Waals surface area contributed by atoms with E-state index >= 15 is 0 Å². The Labute approximate surface area is 84.0 Å². The quantitative estimate of drug-likeness (QED) is 0.785. The average Bonchev–Trinajstić information content (AvgIpc) is 2.19. The number of aliphatic hydroxyl groups excluding tert-OH is 1. The summed E-state index contributed by atoms with van der Waals surface area (Å²) in [4.78, 5) is 7.94. The average molecular weight is 196 g/mol. The summed E-state index contributed by atoms with van der Waals surface area (Å²) in [7, 11) is 1.59. The highest BCUT2D eigenvalue weighted by Crippen LogP contribution is 2.21. The SMILES string of the molecule is COC(C(C)C)C(O)c1cnccn1. The summed E-state index contributed by atoms with van der Waals surface area (Å²) in [5.41, 5.74) is 0.549. The summed E-state index contributed by atoms with van der Waals surface area (Å²) in [6.07, 6.45) is 3.73. The van der Waals surface area contributed by atoms with Crippen LogP contribution in [-0.2, 0) is 4.74 Å². The van der Waals surface area contributed by atoms with Gasteiger partial charge in [-0.2, -0.15) is 0 Å². The predicted octanol–water partition coefficient (Wildman–Crippen LogP) is 1.18. The molecule has 0 fully saturated rings. The van der Waals surface area contributed by atoms with Crippen LogP contribution < -0.4 is 0 Å². The number of rotatable bonds is 4. The van der Waals surface area contributed by atoms with Gasteiger partial charge in [0.15, 0.2) is 0 Å². The van der Waals surface area contributed by atoms with Crippen molar-refractivity contribution in [3.63, 3.8) is 0 Å². The summed E-state index contributed by atoms with van der Waals surface area (Å²) in [5.74, 6) is 0.233. The maximum absolute atomic E-state index is 9.92.